The van der Waals surface area contributed by atoms with Crippen molar-refractivity contribution in [2.24, 2.45) is 11.1 Å². The minimum absolute atomic E-state index is 0.00822. The normalized spacial score (nSPS) is 23.0. The van der Waals surface area contributed by atoms with Crippen molar-refractivity contribution in [3.63, 3.8) is 0 Å². The molecule has 7 heteroatoms. The summed E-state index contributed by atoms with van der Waals surface area (Å²) in [4.78, 5) is 12.6. The van der Waals surface area contributed by atoms with Gasteiger partial charge in [0, 0.05) is 4.88 Å². The summed E-state index contributed by atoms with van der Waals surface area (Å²) in [5.74, 6) is 0.354. The highest BCUT2D eigenvalue weighted by Gasteiger charge is 2.24. The van der Waals surface area contributed by atoms with E-state index in [1.165, 1.54) is 12.5 Å². The van der Waals surface area contributed by atoms with E-state index in [0.717, 1.165) is 37.0 Å². The van der Waals surface area contributed by atoms with Gasteiger partial charge in [0.15, 0.2) is 0 Å². The first-order valence-corrected chi connectivity index (χ1v) is 9.55. The Kier molecular flexibility index (Phi) is 5.40. The van der Waals surface area contributed by atoms with Gasteiger partial charge in [-0.15, -0.1) is 11.3 Å². The van der Waals surface area contributed by atoms with Crippen LogP contribution in [0.3, 0.4) is 0 Å². The Morgan fingerprint density at radius 3 is 2.81 bits per heavy atom. The Bertz CT molecular complexity index is 594. The maximum Gasteiger partial charge on any atom is 0.311 e. The second kappa shape index (κ2) is 6.89. The van der Waals surface area contributed by atoms with Crippen LogP contribution in [0.5, 0.6) is 0 Å². The van der Waals surface area contributed by atoms with Crippen LogP contribution in [-0.4, -0.2) is 20.5 Å². The Labute approximate surface area is 129 Å². The second-order valence-corrected chi connectivity index (χ2v) is 8.45. The fourth-order valence-corrected chi connectivity index (χ4v) is 4.46. The number of hydrogen-bond donors (Lipinski definition) is 1. The lowest BCUT2D eigenvalue weighted by atomic mass is 9.85. The van der Waals surface area contributed by atoms with Gasteiger partial charge in [0.05, 0.1) is 6.42 Å². The Morgan fingerprint density at radius 1 is 1.43 bits per heavy atom. The van der Waals surface area contributed by atoms with E-state index in [0.29, 0.717) is 10.8 Å². The molecule has 2 N–H and O–H groups in total. The van der Waals surface area contributed by atoms with Gasteiger partial charge in [-0.05, 0) is 37.3 Å². The summed E-state index contributed by atoms with van der Waals surface area (Å²) in [6, 6.07) is 3.04. The SMILES string of the molecule is CCC1CCCC(OC(=O)Cc2ccc(S(N)(=O)=O)s2)C1. The van der Waals surface area contributed by atoms with Gasteiger partial charge in [-0.1, -0.05) is 19.8 Å². The predicted octanol–water partition coefficient (Wildman–Crippen LogP) is 2.45. The van der Waals surface area contributed by atoms with Gasteiger partial charge < -0.3 is 4.74 Å². The van der Waals surface area contributed by atoms with Gasteiger partial charge in [0.25, 0.3) is 0 Å². The molecule has 1 fully saturated rings. The molecule has 1 heterocycles. The summed E-state index contributed by atoms with van der Waals surface area (Å²) in [6.07, 6.45) is 5.42. The van der Waals surface area contributed by atoms with Crippen molar-refractivity contribution in [3.8, 4) is 0 Å². The maximum atomic E-state index is 11.9. The number of thiophene rings is 1. The summed E-state index contributed by atoms with van der Waals surface area (Å²) in [5, 5.41) is 5.05. The van der Waals surface area contributed by atoms with Gasteiger partial charge in [-0.25, -0.2) is 13.6 Å². The Balaban J connectivity index is 1.88. The Morgan fingerprint density at radius 2 is 2.19 bits per heavy atom. The minimum Gasteiger partial charge on any atom is -0.462 e. The third-order valence-electron chi connectivity index (χ3n) is 3.85. The number of hydrogen-bond acceptors (Lipinski definition) is 5. The highest BCUT2D eigenvalue weighted by atomic mass is 32.2. The molecule has 0 aliphatic heterocycles. The number of sulfonamides is 1. The zero-order chi connectivity index (χ0) is 15.5. The third kappa shape index (κ3) is 4.79. The monoisotopic (exact) mass is 331 g/mol. The van der Waals surface area contributed by atoms with Crippen LogP contribution in [0, 0.1) is 5.92 Å². The summed E-state index contributed by atoms with van der Waals surface area (Å²) in [5.41, 5.74) is 0. The molecule has 21 heavy (non-hydrogen) atoms. The number of ether oxygens (including phenoxy) is 1. The number of carbonyl (C=O) groups is 1. The van der Waals surface area contributed by atoms with Crippen molar-refractivity contribution in [2.45, 2.75) is 55.8 Å². The van der Waals surface area contributed by atoms with Gasteiger partial charge in [-0.2, -0.15) is 0 Å². The third-order valence-corrected chi connectivity index (χ3v) is 6.37. The molecule has 0 spiro atoms. The first-order valence-electron chi connectivity index (χ1n) is 7.19. The van der Waals surface area contributed by atoms with E-state index in [9.17, 15) is 13.2 Å². The van der Waals surface area contributed by atoms with Crippen molar-refractivity contribution in [1.82, 2.24) is 0 Å². The van der Waals surface area contributed by atoms with Crippen LogP contribution in [-0.2, 0) is 26.0 Å². The molecule has 1 aromatic rings. The van der Waals surface area contributed by atoms with Gasteiger partial charge in [0.2, 0.25) is 10.0 Å². The van der Waals surface area contributed by atoms with Crippen molar-refractivity contribution in [2.75, 3.05) is 0 Å². The smallest absolute Gasteiger partial charge is 0.311 e. The predicted molar refractivity (Wildman–Crippen MR) is 81.5 cm³/mol. The standard InChI is InChI=1S/C14H21NO4S2/c1-2-10-4-3-5-11(8-10)19-13(16)9-12-6-7-14(20-12)21(15,17)18/h6-7,10-11H,2-5,8-9H2,1H3,(H2,15,17,18). The van der Waals surface area contributed by atoms with Crippen molar-refractivity contribution >= 4 is 27.3 Å². The van der Waals surface area contributed by atoms with E-state index >= 15 is 0 Å². The minimum atomic E-state index is -3.69. The molecule has 1 aliphatic carbocycles. The molecule has 1 aliphatic rings. The molecule has 2 rings (SSSR count). The van der Waals surface area contributed by atoms with Gasteiger partial charge >= 0.3 is 5.97 Å². The molecule has 2 unspecified atom stereocenters. The molecule has 0 amide bonds. The number of carbonyl (C=O) groups excluding carboxylic acids is 1. The highest BCUT2D eigenvalue weighted by Crippen LogP contribution is 2.29. The molecule has 2 atom stereocenters. The zero-order valence-corrected chi connectivity index (χ0v) is 13.7. The van der Waals surface area contributed by atoms with E-state index in [2.05, 4.69) is 6.92 Å². The van der Waals surface area contributed by atoms with Crippen molar-refractivity contribution in [1.29, 1.82) is 0 Å². The number of esters is 1. The van der Waals surface area contributed by atoms with Gasteiger partial charge in [0.1, 0.15) is 10.3 Å². The average molecular weight is 331 g/mol. The van der Waals surface area contributed by atoms with Crippen LogP contribution in [0.25, 0.3) is 0 Å². The van der Waals surface area contributed by atoms with Crippen LogP contribution in [0.15, 0.2) is 16.3 Å². The van der Waals surface area contributed by atoms with E-state index in [1.54, 1.807) is 6.07 Å². The van der Waals surface area contributed by atoms with Crippen LogP contribution in [0.4, 0.5) is 0 Å². The van der Waals surface area contributed by atoms with Crippen LogP contribution >= 0.6 is 11.3 Å². The lowest BCUT2D eigenvalue weighted by Gasteiger charge is -2.28. The quantitative estimate of drug-likeness (QED) is 0.840. The van der Waals surface area contributed by atoms with Crippen molar-refractivity contribution < 1.29 is 17.9 Å². The average Bonchev–Trinajstić information content (AvgIpc) is 2.87. The fourth-order valence-electron chi connectivity index (χ4n) is 2.70. The van der Waals surface area contributed by atoms with E-state index in [4.69, 9.17) is 9.88 Å². The highest BCUT2D eigenvalue weighted by molar-refractivity contribution is 7.91. The molecule has 5 nitrogen and oxygen atoms in total. The van der Waals surface area contributed by atoms with Gasteiger partial charge in [-0.3, -0.25) is 4.79 Å². The second-order valence-electron chi connectivity index (χ2n) is 5.50. The Hall–Kier alpha value is -0.920. The molecule has 1 saturated carbocycles. The topological polar surface area (TPSA) is 86.5 Å². The molecule has 0 aromatic carbocycles. The summed E-state index contributed by atoms with van der Waals surface area (Å²) in [7, 11) is -3.69. The van der Waals surface area contributed by atoms with Crippen molar-refractivity contribution in [3.05, 3.63) is 17.0 Å². The van der Waals surface area contributed by atoms with E-state index in [-0.39, 0.29) is 22.7 Å². The maximum absolute atomic E-state index is 11.9. The fraction of sp³-hybridized carbons (Fsp3) is 0.643. The molecule has 0 saturated heterocycles. The van der Waals surface area contributed by atoms with Crippen LogP contribution < -0.4 is 5.14 Å². The van der Waals surface area contributed by atoms with Crippen LogP contribution in [0.1, 0.15) is 43.9 Å². The number of rotatable bonds is 5. The lowest BCUT2D eigenvalue weighted by molar-refractivity contribution is -0.150. The largest absolute Gasteiger partial charge is 0.462 e. The van der Waals surface area contributed by atoms with E-state index < -0.39 is 10.0 Å². The first kappa shape index (κ1) is 16.5. The molecule has 0 radical (unpaired) electrons. The zero-order valence-electron chi connectivity index (χ0n) is 12.1. The number of nitrogens with two attached hydrogens (primary N) is 1. The van der Waals surface area contributed by atoms with Crippen LogP contribution in [0.2, 0.25) is 0 Å². The molecular formula is C14H21NO4S2. The molecular weight excluding hydrogens is 310 g/mol. The first-order chi connectivity index (χ1) is 9.88. The lowest BCUT2D eigenvalue weighted by Crippen LogP contribution is -2.26. The molecule has 1 aromatic heterocycles. The summed E-state index contributed by atoms with van der Waals surface area (Å²) in [6.45, 7) is 2.16. The molecule has 118 valence electrons. The summed E-state index contributed by atoms with van der Waals surface area (Å²) >= 11 is 1.02. The number of primary sulfonamides is 1. The summed E-state index contributed by atoms with van der Waals surface area (Å²) < 4.78 is 28.0. The molecule has 0 bridgehead atoms. The van der Waals surface area contributed by atoms with E-state index in [1.807, 2.05) is 0 Å².